The molecule has 2 aromatic carbocycles. The molecule has 1 heterocycles. The third kappa shape index (κ3) is 3.50. The normalized spacial score (nSPS) is 15.3. The van der Waals surface area contributed by atoms with Gasteiger partial charge in [0.05, 0.1) is 16.0 Å². The molecule has 0 saturated heterocycles. The zero-order valence-corrected chi connectivity index (χ0v) is 14.3. The third-order valence-corrected chi connectivity index (χ3v) is 5.11. The number of cyclic esters (lactones) is 1. The van der Waals surface area contributed by atoms with E-state index in [1.807, 2.05) is 0 Å². The lowest BCUT2D eigenvalue weighted by Crippen LogP contribution is -2.05. The Labute approximate surface area is 147 Å². The van der Waals surface area contributed by atoms with Gasteiger partial charge in [0.2, 0.25) is 0 Å². The van der Waals surface area contributed by atoms with Crippen LogP contribution in [-0.4, -0.2) is 27.2 Å². The zero-order valence-electron chi connectivity index (χ0n) is 13.5. The average molecular weight is 382 g/mol. The highest BCUT2D eigenvalue weighted by Gasteiger charge is 2.32. The summed E-state index contributed by atoms with van der Waals surface area (Å²) in [6.07, 6.45) is -3.38. The van der Waals surface area contributed by atoms with Gasteiger partial charge < -0.3 is 4.74 Å². The topological polar surface area (TPSA) is 60.4 Å². The average Bonchev–Trinajstić information content (AvgIpc) is 2.95. The van der Waals surface area contributed by atoms with Crippen molar-refractivity contribution in [3.8, 4) is 0 Å². The molecule has 0 radical (unpaired) electrons. The highest BCUT2D eigenvalue weighted by Crippen LogP contribution is 2.35. The summed E-state index contributed by atoms with van der Waals surface area (Å²) < 4.78 is 66.2. The molecule has 0 amide bonds. The lowest BCUT2D eigenvalue weighted by molar-refractivity contribution is -0.137. The fraction of sp³-hybridized carbons (Fsp3) is 0.167. The molecule has 0 fully saturated rings. The Hall–Kier alpha value is -2.61. The monoisotopic (exact) mass is 382 g/mol. The van der Waals surface area contributed by atoms with Crippen LogP contribution in [0.25, 0.3) is 11.1 Å². The number of esters is 1. The van der Waals surface area contributed by atoms with Crippen molar-refractivity contribution in [2.45, 2.75) is 11.1 Å². The van der Waals surface area contributed by atoms with Gasteiger partial charge in [-0.2, -0.15) is 13.2 Å². The molecule has 2 aromatic rings. The number of carbonyl (C=O) groups is 1. The van der Waals surface area contributed by atoms with Crippen molar-refractivity contribution in [3.63, 3.8) is 0 Å². The number of rotatable bonds is 3. The van der Waals surface area contributed by atoms with Crippen molar-refractivity contribution in [2.75, 3.05) is 12.9 Å². The Morgan fingerprint density at radius 2 is 1.46 bits per heavy atom. The Kier molecular flexibility index (Phi) is 4.39. The first-order chi connectivity index (χ1) is 12.1. The second-order valence-electron chi connectivity index (χ2n) is 5.80. The van der Waals surface area contributed by atoms with Gasteiger partial charge >= 0.3 is 12.1 Å². The maximum Gasteiger partial charge on any atom is 0.416 e. The van der Waals surface area contributed by atoms with E-state index in [-0.39, 0.29) is 17.1 Å². The Bertz CT molecular complexity index is 986. The van der Waals surface area contributed by atoms with Crippen molar-refractivity contribution < 1.29 is 31.1 Å². The predicted molar refractivity (Wildman–Crippen MR) is 88.8 cm³/mol. The van der Waals surface area contributed by atoms with Crippen LogP contribution in [0.2, 0.25) is 0 Å². The number of hydrogen-bond acceptors (Lipinski definition) is 4. The third-order valence-electron chi connectivity index (χ3n) is 3.99. The van der Waals surface area contributed by atoms with Crippen LogP contribution in [0, 0.1) is 0 Å². The molecule has 4 nitrogen and oxygen atoms in total. The van der Waals surface area contributed by atoms with E-state index < -0.39 is 27.5 Å². The number of carbonyl (C=O) groups excluding carboxylic acids is 1. The van der Waals surface area contributed by atoms with E-state index in [1.165, 1.54) is 36.4 Å². The summed E-state index contributed by atoms with van der Waals surface area (Å²) in [5.74, 6) is -0.632. The number of ether oxygens (including phenoxy) is 1. The fourth-order valence-corrected chi connectivity index (χ4v) is 3.28. The van der Waals surface area contributed by atoms with Crippen LogP contribution in [-0.2, 0) is 25.5 Å². The van der Waals surface area contributed by atoms with Gasteiger partial charge in [-0.3, -0.25) is 0 Å². The number of halogens is 3. The Morgan fingerprint density at radius 3 is 1.96 bits per heavy atom. The quantitative estimate of drug-likeness (QED) is 0.762. The van der Waals surface area contributed by atoms with Crippen LogP contribution >= 0.6 is 0 Å². The molecule has 0 unspecified atom stereocenters. The van der Waals surface area contributed by atoms with Crippen molar-refractivity contribution >= 4 is 27.0 Å². The maximum atomic E-state index is 12.7. The fourth-order valence-electron chi connectivity index (χ4n) is 2.65. The molecule has 0 bridgehead atoms. The molecule has 136 valence electrons. The first-order valence-corrected chi connectivity index (χ1v) is 9.35. The highest BCUT2D eigenvalue weighted by atomic mass is 32.2. The van der Waals surface area contributed by atoms with Gasteiger partial charge in [0, 0.05) is 11.8 Å². The summed E-state index contributed by atoms with van der Waals surface area (Å²) in [5, 5.41) is 0. The first-order valence-electron chi connectivity index (χ1n) is 7.46. The second-order valence-corrected chi connectivity index (χ2v) is 7.82. The van der Waals surface area contributed by atoms with Gasteiger partial charge in [-0.15, -0.1) is 0 Å². The van der Waals surface area contributed by atoms with Gasteiger partial charge in [0.1, 0.15) is 6.61 Å². The summed E-state index contributed by atoms with van der Waals surface area (Å²) in [5.41, 5.74) is 0.730. The zero-order chi connectivity index (χ0) is 19.1. The van der Waals surface area contributed by atoms with Crippen molar-refractivity contribution in [1.29, 1.82) is 0 Å². The molecular formula is C18H13F3O4S. The summed E-state index contributed by atoms with van der Waals surface area (Å²) in [6.45, 7) is -0.0343. The standard InChI is InChI=1S/C18H13F3O4S/c1-26(23,24)14-8-4-11(5-9-14)15-10-25-17(22)16(15)12-2-6-13(7-3-12)18(19,20)21/h2-9H,10H2,1H3. The molecule has 0 aliphatic carbocycles. The van der Waals surface area contributed by atoms with E-state index in [1.54, 1.807) is 0 Å². The van der Waals surface area contributed by atoms with Crippen LogP contribution in [0.4, 0.5) is 13.2 Å². The van der Waals surface area contributed by atoms with Crippen LogP contribution < -0.4 is 0 Å². The van der Waals surface area contributed by atoms with Crippen LogP contribution in [0.15, 0.2) is 53.4 Å². The Morgan fingerprint density at radius 1 is 0.923 bits per heavy atom. The molecule has 3 rings (SSSR count). The molecule has 0 atom stereocenters. The van der Waals surface area contributed by atoms with E-state index in [4.69, 9.17) is 4.74 Å². The minimum Gasteiger partial charge on any atom is -0.457 e. The van der Waals surface area contributed by atoms with Gasteiger partial charge in [-0.25, -0.2) is 13.2 Å². The summed E-state index contributed by atoms with van der Waals surface area (Å²) >= 11 is 0. The largest absolute Gasteiger partial charge is 0.457 e. The predicted octanol–water partition coefficient (Wildman–Crippen LogP) is 3.58. The van der Waals surface area contributed by atoms with E-state index in [9.17, 15) is 26.4 Å². The SMILES string of the molecule is CS(=O)(=O)c1ccc(C2=C(c3ccc(C(F)(F)F)cc3)C(=O)OC2)cc1. The number of sulfone groups is 1. The molecule has 26 heavy (non-hydrogen) atoms. The number of alkyl halides is 3. The molecule has 1 aliphatic rings. The van der Waals surface area contributed by atoms with E-state index in [0.717, 1.165) is 18.4 Å². The molecule has 0 saturated carbocycles. The molecule has 1 aliphatic heterocycles. The highest BCUT2D eigenvalue weighted by molar-refractivity contribution is 7.90. The van der Waals surface area contributed by atoms with Crippen LogP contribution in [0.5, 0.6) is 0 Å². The molecule has 0 spiro atoms. The van der Waals surface area contributed by atoms with E-state index >= 15 is 0 Å². The van der Waals surface area contributed by atoms with Gasteiger partial charge in [0.25, 0.3) is 0 Å². The minimum atomic E-state index is -4.46. The number of benzene rings is 2. The van der Waals surface area contributed by atoms with E-state index in [2.05, 4.69) is 0 Å². The molecular weight excluding hydrogens is 369 g/mol. The van der Waals surface area contributed by atoms with Crippen LogP contribution in [0.1, 0.15) is 16.7 Å². The smallest absolute Gasteiger partial charge is 0.416 e. The summed E-state index contributed by atoms with van der Waals surface area (Å²) in [4.78, 5) is 12.2. The molecule has 0 aromatic heterocycles. The van der Waals surface area contributed by atoms with E-state index in [0.29, 0.717) is 16.7 Å². The van der Waals surface area contributed by atoms with Gasteiger partial charge in [-0.05, 0) is 35.4 Å². The first kappa shape index (κ1) is 18.2. The summed E-state index contributed by atoms with van der Waals surface area (Å²) in [7, 11) is -3.36. The maximum absolute atomic E-state index is 12.7. The van der Waals surface area contributed by atoms with Crippen molar-refractivity contribution in [1.82, 2.24) is 0 Å². The van der Waals surface area contributed by atoms with Crippen molar-refractivity contribution in [3.05, 3.63) is 65.2 Å². The molecule has 8 heteroatoms. The van der Waals surface area contributed by atoms with Gasteiger partial charge in [0.15, 0.2) is 9.84 Å². The Balaban J connectivity index is 2.04. The summed E-state index contributed by atoms with van der Waals surface area (Å²) in [6, 6.07) is 10.1. The lowest BCUT2D eigenvalue weighted by Gasteiger charge is -2.09. The van der Waals surface area contributed by atoms with Gasteiger partial charge in [-0.1, -0.05) is 24.3 Å². The lowest BCUT2D eigenvalue weighted by atomic mass is 9.96. The second kappa shape index (κ2) is 6.28. The number of hydrogen-bond donors (Lipinski definition) is 0. The molecule has 0 N–H and O–H groups in total. The minimum absolute atomic E-state index is 0.0343. The van der Waals surface area contributed by atoms with Crippen LogP contribution in [0.3, 0.4) is 0 Å². The van der Waals surface area contributed by atoms with Crippen molar-refractivity contribution in [2.24, 2.45) is 0 Å².